The van der Waals surface area contributed by atoms with Gasteiger partial charge in [-0.1, -0.05) is 12.1 Å². The van der Waals surface area contributed by atoms with Gasteiger partial charge >= 0.3 is 5.97 Å². The Hall–Kier alpha value is -2.56. The van der Waals surface area contributed by atoms with Crippen molar-refractivity contribution >= 4 is 28.0 Å². The molecule has 0 atom stereocenters. The minimum atomic E-state index is -1.26. The first kappa shape index (κ1) is 9.65. The lowest BCUT2D eigenvalue weighted by atomic mass is 10.2. The average Bonchev–Trinajstić information content (AvgIpc) is 2.68. The molecular weight excluding hydrogens is 222 g/mol. The molecule has 2 aromatic heterocycles. The molecule has 0 fully saturated rings. The lowest BCUT2D eigenvalue weighted by Gasteiger charge is -1.94. The number of aromatic nitrogens is 1. The molecule has 0 radical (unpaired) electrons. The van der Waals surface area contributed by atoms with E-state index in [2.05, 4.69) is 4.98 Å². The van der Waals surface area contributed by atoms with Crippen LogP contribution in [0.5, 0.6) is 0 Å². The van der Waals surface area contributed by atoms with Crippen molar-refractivity contribution in [1.29, 1.82) is 0 Å². The van der Waals surface area contributed by atoms with Gasteiger partial charge in [-0.3, -0.25) is 4.79 Å². The number of fused-ring (bicyclic) bond motifs is 3. The largest absolute Gasteiger partial charge is 0.475 e. The lowest BCUT2D eigenvalue weighted by molar-refractivity contribution is 0.0663. The molecule has 5 heteroatoms. The number of carbonyl (C=O) groups is 1. The first-order valence-electron chi connectivity index (χ1n) is 4.94. The summed E-state index contributed by atoms with van der Waals surface area (Å²) in [6.07, 6.45) is 0. The van der Waals surface area contributed by atoms with Crippen molar-refractivity contribution in [3.63, 3.8) is 0 Å². The van der Waals surface area contributed by atoms with E-state index in [1.54, 1.807) is 18.2 Å². The fourth-order valence-corrected chi connectivity index (χ4v) is 1.83. The molecule has 0 amide bonds. The van der Waals surface area contributed by atoms with E-state index in [1.807, 2.05) is 6.07 Å². The summed E-state index contributed by atoms with van der Waals surface area (Å²) in [5.74, 6) is -1.61. The van der Waals surface area contributed by atoms with Crippen molar-refractivity contribution in [3.8, 4) is 0 Å². The van der Waals surface area contributed by atoms with Crippen LogP contribution in [0.25, 0.3) is 22.0 Å². The van der Waals surface area contributed by atoms with Crippen LogP contribution < -0.4 is 5.43 Å². The molecular formula is C12H7NO4. The highest BCUT2D eigenvalue weighted by atomic mass is 16.4. The number of para-hydroxylation sites is 1. The predicted molar refractivity (Wildman–Crippen MR) is 61.3 cm³/mol. The predicted octanol–water partition coefficient (Wildman–Crippen LogP) is 1.97. The van der Waals surface area contributed by atoms with Crippen LogP contribution in [-0.2, 0) is 0 Å². The number of hydrogen-bond donors (Lipinski definition) is 2. The van der Waals surface area contributed by atoms with Crippen molar-refractivity contribution < 1.29 is 14.3 Å². The van der Waals surface area contributed by atoms with Gasteiger partial charge in [-0.15, -0.1) is 0 Å². The Balaban J connectivity index is 2.55. The van der Waals surface area contributed by atoms with Gasteiger partial charge in [-0.05, 0) is 12.1 Å². The summed E-state index contributed by atoms with van der Waals surface area (Å²) in [4.78, 5) is 25.4. The summed E-state index contributed by atoms with van der Waals surface area (Å²) in [6, 6.07) is 8.15. The lowest BCUT2D eigenvalue weighted by Crippen LogP contribution is -2.05. The molecule has 84 valence electrons. The number of hydrogen-bond acceptors (Lipinski definition) is 3. The molecule has 17 heavy (non-hydrogen) atoms. The highest BCUT2D eigenvalue weighted by Gasteiger charge is 2.14. The minimum absolute atomic E-state index is 0.283. The smallest absolute Gasteiger partial charge is 0.371 e. The monoisotopic (exact) mass is 229 g/mol. The number of aromatic carboxylic acids is 1. The molecule has 0 unspecified atom stereocenters. The summed E-state index contributed by atoms with van der Waals surface area (Å²) in [7, 11) is 0. The molecule has 0 aliphatic carbocycles. The van der Waals surface area contributed by atoms with Gasteiger partial charge in [0.05, 0.1) is 0 Å². The number of aromatic amines is 1. The zero-order valence-electron chi connectivity index (χ0n) is 8.56. The van der Waals surface area contributed by atoms with E-state index in [4.69, 9.17) is 9.52 Å². The summed E-state index contributed by atoms with van der Waals surface area (Å²) in [5.41, 5.74) is 0.924. The Morgan fingerprint density at radius 3 is 2.82 bits per heavy atom. The number of rotatable bonds is 1. The van der Waals surface area contributed by atoms with Gasteiger partial charge in [0.1, 0.15) is 5.52 Å². The molecule has 1 aromatic carbocycles. The summed E-state index contributed by atoms with van der Waals surface area (Å²) in [6.45, 7) is 0. The number of H-pyrrole nitrogens is 1. The maximum absolute atomic E-state index is 11.7. The number of carboxylic acid groups (broad SMARTS) is 1. The normalized spacial score (nSPS) is 11.1. The van der Waals surface area contributed by atoms with Gasteiger partial charge < -0.3 is 14.5 Å². The van der Waals surface area contributed by atoms with Gasteiger partial charge in [0.25, 0.3) is 0 Å². The first-order chi connectivity index (χ1) is 8.16. The minimum Gasteiger partial charge on any atom is -0.475 e. The molecule has 5 nitrogen and oxygen atoms in total. The Labute approximate surface area is 94.3 Å². The van der Waals surface area contributed by atoms with E-state index in [0.717, 1.165) is 11.6 Å². The van der Waals surface area contributed by atoms with Crippen LogP contribution in [0.3, 0.4) is 0 Å². The molecule has 0 aliphatic heterocycles. The van der Waals surface area contributed by atoms with Crippen molar-refractivity contribution in [2.45, 2.75) is 0 Å². The maximum Gasteiger partial charge on any atom is 0.371 e. The second kappa shape index (κ2) is 3.21. The van der Waals surface area contributed by atoms with Crippen molar-refractivity contribution in [2.24, 2.45) is 0 Å². The molecule has 0 bridgehead atoms. The van der Waals surface area contributed by atoms with Gasteiger partial charge in [-0.2, -0.15) is 0 Å². The van der Waals surface area contributed by atoms with Crippen LogP contribution in [-0.4, -0.2) is 16.1 Å². The van der Waals surface area contributed by atoms with Gasteiger partial charge in [0, 0.05) is 17.0 Å². The molecule has 0 saturated carbocycles. The van der Waals surface area contributed by atoms with Gasteiger partial charge in [-0.25, -0.2) is 4.79 Å². The second-order valence-electron chi connectivity index (χ2n) is 3.65. The zero-order valence-corrected chi connectivity index (χ0v) is 8.56. The summed E-state index contributed by atoms with van der Waals surface area (Å²) in [5, 5.41) is 9.53. The SMILES string of the molecule is O=C(O)c1cc(=O)c2[nH]c3ccccc3c2o1. The van der Waals surface area contributed by atoms with E-state index >= 15 is 0 Å². The molecule has 2 N–H and O–H groups in total. The second-order valence-corrected chi connectivity index (χ2v) is 3.65. The van der Waals surface area contributed by atoms with Crippen molar-refractivity contribution in [2.75, 3.05) is 0 Å². The number of nitrogens with one attached hydrogen (secondary N) is 1. The highest BCUT2D eigenvalue weighted by molar-refractivity contribution is 6.04. The summed E-state index contributed by atoms with van der Waals surface area (Å²) >= 11 is 0. The Morgan fingerprint density at radius 2 is 2.06 bits per heavy atom. The summed E-state index contributed by atoms with van der Waals surface area (Å²) < 4.78 is 5.23. The van der Waals surface area contributed by atoms with E-state index in [1.165, 1.54) is 0 Å². The van der Waals surface area contributed by atoms with Crippen LogP contribution in [0.4, 0.5) is 0 Å². The molecule has 0 saturated heterocycles. The zero-order chi connectivity index (χ0) is 12.0. The van der Waals surface area contributed by atoms with Crippen LogP contribution in [0.2, 0.25) is 0 Å². The Bertz CT molecular complexity index is 797. The van der Waals surface area contributed by atoms with E-state index in [-0.39, 0.29) is 22.3 Å². The van der Waals surface area contributed by atoms with Gasteiger partial charge in [0.15, 0.2) is 5.58 Å². The van der Waals surface area contributed by atoms with Crippen LogP contribution >= 0.6 is 0 Å². The van der Waals surface area contributed by atoms with E-state index < -0.39 is 5.97 Å². The third-order valence-corrected chi connectivity index (χ3v) is 2.59. The quantitative estimate of drug-likeness (QED) is 0.668. The van der Waals surface area contributed by atoms with Crippen LogP contribution in [0.1, 0.15) is 10.6 Å². The third kappa shape index (κ3) is 1.32. The molecule has 2 heterocycles. The Morgan fingerprint density at radius 1 is 1.29 bits per heavy atom. The third-order valence-electron chi connectivity index (χ3n) is 2.59. The number of benzene rings is 1. The van der Waals surface area contributed by atoms with Crippen LogP contribution in [0, 0.1) is 0 Å². The first-order valence-corrected chi connectivity index (χ1v) is 4.94. The Kier molecular flexibility index (Phi) is 1.82. The average molecular weight is 229 g/mol. The molecule has 0 spiro atoms. The maximum atomic E-state index is 11.7. The number of carboxylic acids is 1. The van der Waals surface area contributed by atoms with Crippen molar-refractivity contribution in [1.82, 2.24) is 4.98 Å². The van der Waals surface area contributed by atoms with Crippen LogP contribution in [0.15, 0.2) is 39.5 Å². The molecule has 0 aliphatic rings. The molecule has 3 aromatic rings. The fraction of sp³-hybridized carbons (Fsp3) is 0. The molecule has 3 rings (SSSR count). The van der Waals surface area contributed by atoms with E-state index in [0.29, 0.717) is 5.39 Å². The van der Waals surface area contributed by atoms with E-state index in [9.17, 15) is 9.59 Å². The topological polar surface area (TPSA) is 83.3 Å². The fourth-order valence-electron chi connectivity index (χ4n) is 1.83. The standard InChI is InChI=1S/C12H7NO4/c14-8-5-9(12(15)16)17-11-6-3-1-2-4-7(6)13-10(8)11/h1-5,13H,(H,15,16). The van der Waals surface area contributed by atoms with Gasteiger partial charge in [0.2, 0.25) is 11.2 Å². The van der Waals surface area contributed by atoms with Crippen molar-refractivity contribution in [3.05, 3.63) is 46.3 Å². The highest BCUT2D eigenvalue weighted by Crippen LogP contribution is 2.23.